The van der Waals surface area contributed by atoms with Crippen LogP contribution in [0.15, 0.2) is 22.6 Å². The van der Waals surface area contributed by atoms with Crippen LogP contribution in [0.3, 0.4) is 0 Å². The van der Waals surface area contributed by atoms with Crippen LogP contribution < -0.4 is 0 Å². The fourth-order valence-electron chi connectivity index (χ4n) is 2.36. The van der Waals surface area contributed by atoms with Gasteiger partial charge in [0.1, 0.15) is 5.52 Å². The maximum atomic E-state index is 5.71. The molecule has 0 fully saturated rings. The average molecular weight is 482 g/mol. The predicted octanol–water partition coefficient (Wildman–Crippen LogP) is 7.03. The smallest absolute Gasteiger partial charge is 0.234 e. The van der Waals surface area contributed by atoms with E-state index in [1.54, 1.807) is 0 Å². The molecular formula is C16H20Br3NO. The first-order valence-electron chi connectivity index (χ1n) is 7.47. The van der Waals surface area contributed by atoms with E-state index in [0.717, 1.165) is 17.5 Å². The summed E-state index contributed by atoms with van der Waals surface area (Å²) >= 11 is 10.3. The number of nitrogens with zero attached hydrogens (tertiary/aromatic N) is 1. The van der Waals surface area contributed by atoms with Crippen LogP contribution in [0.25, 0.3) is 11.1 Å². The standard InChI is InChI=1S/C16H20Br3NO/c1-2-3-4-5-6-7-8-12-9-10-14-13(11-12)20-15(21-14)16(17,18)19/h9-11H,2-8H2,1H3. The predicted molar refractivity (Wildman–Crippen MR) is 99.5 cm³/mol. The summed E-state index contributed by atoms with van der Waals surface area (Å²) in [5.41, 5.74) is 3.07. The first-order chi connectivity index (χ1) is 10.0. The van der Waals surface area contributed by atoms with E-state index in [9.17, 15) is 0 Å². The van der Waals surface area contributed by atoms with Gasteiger partial charge in [-0.1, -0.05) is 45.1 Å². The van der Waals surface area contributed by atoms with Gasteiger partial charge in [-0.05, 0) is 78.3 Å². The van der Waals surface area contributed by atoms with Crippen LogP contribution in [0.5, 0.6) is 0 Å². The summed E-state index contributed by atoms with van der Waals surface area (Å²) in [7, 11) is 0. The molecule has 2 aromatic rings. The Labute approximate surface area is 151 Å². The fourth-order valence-corrected chi connectivity index (χ4v) is 2.87. The van der Waals surface area contributed by atoms with Gasteiger partial charge in [-0.3, -0.25) is 0 Å². The third-order valence-corrected chi connectivity index (χ3v) is 4.53. The Morgan fingerprint density at radius 1 is 1.05 bits per heavy atom. The second-order valence-corrected chi connectivity index (χ2v) is 12.1. The molecule has 1 aromatic heterocycles. The first-order valence-corrected chi connectivity index (χ1v) is 9.85. The highest BCUT2D eigenvalue weighted by Gasteiger charge is 2.27. The minimum Gasteiger partial charge on any atom is -0.437 e. The van der Waals surface area contributed by atoms with Gasteiger partial charge in [0.2, 0.25) is 8.03 Å². The van der Waals surface area contributed by atoms with Crippen LogP contribution in [0, 0.1) is 0 Å². The summed E-state index contributed by atoms with van der Waals surface area (Å²) in [5, 5.41) is 0. The fraction of sp³-hybridized carbons (Fsp3) is 0.562. The van der Waals surface area contributed by atoms with Crippen molar-refractivity contribution in [2.45, 2.75) is 54.0 Å². The lowest BCUT2D eigenvalue weighted by Crippen LogP contribution is -1.96. The lowest BCUT2D eigenvalue weighted by atomic mass is 10.0. The van der Waals surface area contributed by atoms with E-state index in [0.29, 0.717) is 5.89 Å². The Morgan fingerprint density at radius 3 is 2.48 bits per heavy atom. The molecule has 1 aromatic carbocycles. The number of fused-ring (bicyclic) bond motifs is 1. The zero-order valence-electron chi connectivity index (χ0n) is 12.2. The summed E-state index contributed by atoms with van der Waals surface area (Å²) in [4.78, 5) is 4.51. The third kappa shape index (κ3) is 5.36. The number of rotatable bonds is 7. The van der Waals surface area contributed by atoms with Crippen molar-refractivity contribution >= 4 is 58.9 Å². The maximum absolute atomic E-state index is 5.71. The molecule has 2 rings (SSSR count). The SMILES string of the molecule is CCCCCCCCc1ccc2oc(C(Br)(Br)Br)nc2c1. The summed E-state index contributed by atoms with van der Waals surface area (Å²) in [6.07, 6.45) is 9.07. The molecule has 5 heteroatoms. The summed E-state index contributed by atoms with van der Waals surface area (Å²) in [6.45, 7) is 2.25. The van der Waals surface area contributed by atoms with E-state index in [4.69, 9.17) is 4.42 Å². The number of hydrogen-bond acceptors (Lipinski definition) is 2. The molecular weight excluding hydrogens is 462 g/mol. The van der Waals surface area contributed by atoms with Crippen LogP contribution in [0.2, 0.25) is 0 Å². The number of hydrogen-bond donors (Lipinski definition) is 0. The Hall–Kier alpha value is 0.130. The number of aryl methyl sites for hydroxylation is 1. The second kappa shape index (κ2) is 8.11. The lowest BCUT2D eigenvalue weighted by Gasteiger charge is -2.04. The van der Waals surface area contributed by atoms with E-state index in [1.807, 2.05) is 6.07 Å². The van der Waals surface area contributed by atoms with Gasteiger partial charge < -0.3 is 4.42 Å². The quantitative estimate of drug-likeness (QED) is 0.313. The van der Waals surface area contributed by atoms with Crippen molar-refractivity contribution in [2.24, 2.45) is 0 Å². The molecule has 116 valence electrons. The topological polar surface area (TPSA) is 26.0 Å². The number of oxazole rings is 1. The van der Waals surface area contributed by atoms with Crippen molar-refractivity contribution in [3.05, 3.63) is 29.7 Å². The number of unbranched alkanes of at least 4 members (excludes halogenated alkanes) is 5. The first kappa shape index (κ1) is 17.5. The van der Waals surface area contributed by atoms with Gasteiger partial charge in [-0.25, -0.2) is 4.98 Å². The van der Waals surface area contributed by atoms with Crippen molar-refractivity contribution in [3.63, 3.8) is 0 Å². The Kier molecular flexibility index (Phi) is 6.76. The van der Waals surface area contributed by atoms with Crippen LogP contribution >= 0.6 is 47.8 Å². The second-order valence-electron chi connectivity index (χ2n) is 5.34. The Balaban J connectivity index is 1.93. The molecule has 1 heterocycles. The zero-order chi connectivity index (χ0) is 15.3. The molecule has 2 nitrogen and oxygen atoms in total. The minimum atomic E-state index is -0.592. The number of aromatic nitrogens is 1. The monoisotopic (exact) mass is 479 g/mol. The molecule has 0 amide bonds. The summed E-state index contributed by atoms with van der Waals surface area (Å²) in [5.74, 6) is 0.578. The average Bonchev–Trinajstić information content (AvgIpc) is 2.86. The zero-order valence-corrected chi connectivity index (χ0v) is 16.9. The van der Waals surface area contributed by atoms with Gasteiger partial charge in [0.15, 0.2) is 5.58 Å². The van der Waals surface area contributed by atoms with E-state index < -0.39 is 2.14 Å². The highest BCUT2D eigenvalue weighted by molar-refractivity contribution is 9.38. The number of alkyl halides is 3. The van der Waals surface area contributed by atoms with Crippen molar-refractivity contribution in [1.82, 2.24) is 4.98 Å². The van der Waals surface area contributed by atoms with Crippen LogP contribution in [0.1, 0.15) is 56.9 Å². The van der Waals surface area contributed by atoms with Crippen molar-refractivity contribution in [3.8, 4) is 0 Å². The Morgan fingerprint density at radius 2 is 1.76 bits per heavy atom. The van der Waals surface area contributed by atoms with Crippen molar-refractivity contribution in [1.29, 1.82) is 0 Å². The Bertz CT molecular complexity index is 574. The lowest BCUT2D eigenvalue weighted by molar-refractivity contribution is 0.551. The highest BCUT2D eigenvalue weighted by atomic mass is 80.0. The molecule has 0 aliphatic rings. The van der Waals surface area contributed by atoms with E-state index in [1.165, 1.54) is 44.1 Å². The van der Waals surface area contributed by atoms with Gasteiger partial charge in [0, 0.05) is 0 Å². The minimum absolute atomic E-state index is 0.578. The van der Waals surface area contributed by atoms with Crippen molar-refractivity contribution in [2.75, 3.05) is 0 Å². The van der Waals surface area contributed by atoms with Gasteiger partial charge in [-0.2, -0.15) is 0 Å². The molecule has 0 aliphatic carbocycles. The largest absolute Gasteiger partial charge is 0.437 e. The van der Waals surface area contributed by atoms with Crippen molar-refractivity contribution < 1.29 is 4.42 Å². The molecule has 0 bridgehead atoms. The molecule has 0 spiro atoms. The molecule has 0 unspecified atom stereocenters. The van der Waals surface area contributed by atoms with Crippen LogP contribution in [-0.2, 0) is 8.56 Å². The van der Waals surface area contributed by atoms with Crippen LogP contribution in [-0.4, -0.2) is 4.98 Å². The van der Waals surface area contributed by atoms with Gasteiger partial charge in [0.05, 0.1) is 0 Å². The van der Waals surface area contributed by atoms with E-state index in [-0.39, 0.29) is 0 Å². The molecule has 0 saturated carbocycles. The molecule has 0 radical (unpaired) electrons. The number of halogens is 3. The van der Waals surface area contributed by atoms with E-state index in [2.05, 4.69) is 71.8 Å². The summed E-state index contributed by atoms with van der Waals surface area (Å²) in [6, 6.07) is 6.28. The molecule has 21 heavy (non-hydrogen) atoms. The van der Waals surface area contributed by atoms with Gasteiger partial charge in [-0.15, -0.1) is 0 Å². The molecule has 0 atom stereocenters. The molecule has 0 saturated heterocycles. The normalized spacial score (nSPS) is 12.2. The highest BCUT2D eigenvalue weighted by Crippen LogP contribution is 2.44. The van der Waals surface area contributed by atoms with Gasteiger partial charge >= 0.3 is 0 Å². The summed E-state index contributed by atoms with van der Waals surface area (Å²) < 4.78 is 5.11. The van der Waals surface area contributed by atoms with Crippen LogP contribution in [0.4, 0.5) is 0 Å². The molecule has 0 N–H and O–H groups in total. The van der Waals surface area contributed by atoms with E-state index >= 15 is 0 Å². The molecule has 0 aliphatic heterocycles. The van der Waals surface area contributed by atoms with Gasteiger partial charge in [0.25, 0.3) is 0 Å². The third-order valence-electron chi connectivity index (χ3n) is 3.51. The number of benzene rings is 1. The maximum Gasteiger partial charge on any atom is 0.234 e.